The summed E-state index contributed by atoms with van der Waals surface area (Å²) >= 11 is 4.94. The molecule has 4 nitrogen and oxygen atoms in total. The van der Waals surface area contributed by atoms with Gasteiger partial charge in [0.05, 0.1) is 23.1 Å². The normalized spacial score (nSPS) is 10.7. The van der Waals surface area contributed by atoms with Gasteiger partial charge in [0.2, 0.25) is 0 Å². The number of nitrogens with zero attached hydrogens (tertiary/aromatic N) is 3. The molecule has 5 heteroatoms. The van der Waals surface area contributed by atoms with Crippen LogP contribution in [-0.4, -0.2) is 19.5 Å². The number of thiocarbonyl (C=S) groups is 1. The van der Waals surface area contributed by atoms with Gasteiger partial charge in [-0.25, -0.2) is 4.98 Å². The number of rotatable bonds is 3. The third-order valence-electron chi connectivity index (χ3n) is 2.96. The molecule has 0 saturated carbocycles. The van der Waals surface area contributed by atoms with Crippen LogP contribution in [-0.2, 0) is 6.54 Å². The number of aromatic nitrogens is 3. The maximum absolute atomic E-state index is 5.60. The van der Waals surface area contributed by atoms with E-state index in [0.29, 0.717) is 10.7 Å². The zero-order valence-corrected chi connectivity index (χ0v) is 11.0. The molecule has 0 aliphatic rings. The molecule has 19 heavy (non-hydrogen) atoms. The van der Waals surface area contributed by atoms with Crippen molar-refractivity contribution in [3.8, 4) is 0 Å². The summed E-state index contributed by atoms with van der Waals surface area (Å²) in [7, 11) is 0. The maximum atomic E-state index is 5.60. The summed E-state index contributed by atoms with van der Waals surface area (Å²) in [6.45, 7) is 0.721. The number of imidazole rings is 1. The van der Waals surface area contributed by atoms with Crippen molar-refractivity contribution < 1.29 is 0 Å². The van der Waals surface area contributed by atoms with Crippen LogP contribution in [0.4, 0.5) is 0 Å². The minimum Gasteiger partial charge on any atom is -0.388 e. The van der Waals surface area contributed by atoms with Crippen molar-refractivity contribution in [3.63, 3.8) is 0 Å². The summed E-state index contributed by atoms with van der Waals surface area (Å²) in [5, 5.41) is 0. The number of para-hydroxylation sites is 2. The van der Waals surface area contributed by atoms with E-state index in [2.05, 4.69) is 20.6 Å². The van der Waals surface area contributed by atoms with Gasteiger partial charge < -0.3 is 10.3 Å². The molecule has 0 bridgehead atoms. The lowest BCUT2D eigenvalue weighted by Crippen LogP contribution is -2.12. The zero-order valence-electron chi connectivity index (χ0n) is 10.2. The Hall–Kier alpha value is -2.27. The Morgan fingerprint density at radius 3 is 2.89 bits per heavy atom. The van der Waals surface area contributed by atoms with Crippen LogP contribution in [0.1, 0.15) is 11.3 Å². The molecule has 0 aliphatic heterocycles. The Morgan fingerprint density at radius 1 is 1.21 bits per heavy atom. The number of hydrogen-bond donors (Lipinski definition) is 1. The third kappa shape index (κ3) is 2.32. The number of nitrogens with two attached hydrogens (primary N) is 1. The van der Waals surface area contributed by atoms with Crippen LogP contribution < -0.4 is 5.73 Å². The van der Waals surface area contributed by atoms with Crippen LogP contribution in [0, 0.1) is 0 Å². The van der Waals surface area contributed by atoms with Gasteiger partial charge in [0.15, 0.2) is 0 Å². The van der Waals surface area contributed by atoms with Gasteiger partial charge in [-0.1, -0.05) is 24.4 Å². The minimum atomic E-state index is 0.317. The van der Waals surface area contributed by atoms with Crippen molar-refractivity contribution in [2.45, 2.75) is 6.54 Å². The Kier molecular flexibility index (Phi) is 2.97. The van der Waals surface area contributed by atoms with E-state index in [4.69, 9.17) is 18.0 Å². The van der Waals surface area contributed by atoms with Crippen molar-refractivity contribution in [1.82, 2.24) is 14.5 Å². The quantitative estimate of drug-likeness (QED) is 0.739. The molecule has 0 aliphatic carbocycles. The van der Waals surface area contributed by atoms with Crippen LogP contribution in [0.3, 0.4) is 0 Å². The van der Waals surface area contributed by atoms with Crippen molar-refractivity contribution in [3.05, 3.63) is 60.2 Å². The Morgan fingerprint density at radius 2 is 2.05 bits per heavy atom. The largest absolute Gasteiger partial charge is 0.388 e. The van der Waals surface area contributed by atoms with E-state index in [1.165, 1.54) is 0 Å². The lowest BCUT2D eigenvalue weighted by molar-refractivity contribution is 0.822. The monoisotopic (exact) mass is 268 g/mol. The Balaban J connectivity index is 1.97. The van der Waals surface area contributed by atoms with E-state index in [0.717, 1.165) is 23.1 Å². The van der Waals surface area contributed by atoms with Gasteiger partial charge in [0, 0.05) is 12.7 Å². The molecule has 0 radical (unpaired) electrons. The van der Waals surface area contributed by atoms with Crippen molar-refractivity contribution in [1.29, 1.82) is 0 Å². The van der Waals surface area contributed by atoms with E-state index in [-0.39, 0.29) is 0 Å². The van der Waals surface area contributed by atoms with Crippen molar-refractivity contribution >= 4 is 28.2 Å². The lowest BCUT2D eigenvalue weighted by atomic mass is 10.2. The highest BCUT2D eigenvalue weighted by atomic mass is 32.1. The summed E-state index contributed by atoms with van der Waals surface area (Å²) in [5.41, 5.74) is 9.44. The van der Waals surface area contributed by atoms with E-state index < -0.39 is 0 Å². The number of hydrogen-bond acceptors (Lipinski definition) is 3. The predicted molar refractivity (Wildman–Crippen MR) is 79.0 cm³/mol. The number of benzene rings is 1. The van der Waals surface area contributed by atoms with E-state index >= 15 is 0 Å². The molecular weight excluding hydrogens is 256 g/mol. The molecule has 2 heterocycles. The maximum Gasteiger partial charge on any atom is 0.122 e. The highest BCUT2D eigenvalue weighted by Crippen LogP contribution is 2.14. The molecule has 0 atom stereocenters. The van der Waals surface area contributed by atoms with Crippen LogP contribution in [0.2, 0.25) is 0 Å². The molecule has 0 fully saturated rings. The fraction of sp³-hybridized carbons (Fsp3) is 0.0714. The highest BCUT2D eigenvalue weighted by molar-refractivity contribution is 7.80. The van der Waals surface area contributed by atoms with E-state index in [1.54, 1.807) is 6.20 Å². The van der Waals surface area contributed by atoms with E-state index in [9.17, 15) is 0 Å². The van der Waals surface area contributed by atoms with Crippen molar-refractivity contribution in [2.75, 3.05) is 0 Å². The zero-order chi connectivity index (χ0) is 13.2. The molecule has 0 spiro atoms. The first-order valence-electron chi connectivity index (χ1n) is 5.88. The van der Waals surface area contributed by atoms with Crippen LogP contribution in [0.25, 0.3) is 11.0 Å². The molecule has 0 unspecified atom stereocenters. The molecule has 0 amide bonds. The third-order valence-corrected chi connectivity index (χ3v) is 3.17. The minimum absolute atomic E-state index is 0.317. The summed E-state index contributed by atoms with van der Waals surface area (Å²) in [6, 6.07) is 11.9. The van der Waals surface area contributed by atoms with Gasteiger partial charge in [-0.3, -0.25) is 4.98 Å². The summed E-state index contributed by atoms with van der Waals surface area (Å²) in [4.78, 5) is 8.83. The standard InChI is InChI=1S/C14H12N4S/c15-14(19)12-7-10(5-6-16-12)8-18-9-17-11-3-1-2-4-13(11)18/h1-7,9H,8H2,(H2,15,19). The second-order valence-electron chi connectivity index (χ2n) is 4.27. The fourth-order valence-electron chi connectivity index (χ4n) is 2.04. The first-order chi connectivity index (χ1) is 9.24. The second kappa shape index (κ2) is 4.78. The van der Waals surface area contributed by atoms with Crippen LogP contribution >= 0.6 is 12.2 Å². The molecule has 1 aromatic carbocycles. The smallest absolute Gasteiger partial charge is 0.122 e. The van der Waals surface area contributed by atoms with Gasteiger partial charge in [-0.15, -0.1) is 0 Å². The first kappa shape index (κ1) is 11.8. The van der Waals surface area contributed by atoms with Gasteiger partial charge in [0.25, 0.3) is 0 Å². The summed E-state index contributed by atoms with van der Waals surface area (Å²) in [6.07, 6.45) is 3.56. The summed E-state index contributed by atoms with van der Waals surface area (Å²) < 4.78 is 2.09. The molecule has 3 rings (SSSR count). The van der Waals surface area contributed by atoms with Gasteiger partial charge in [-0.2, -0.15) is 0 Å². The van der Waals surface area contributed by atoms with Gasteiger partial charge in [-0.05, 0) is 29.8 Å². The topological polar surface area (TPSA) is 56.7 Å². The predicted octanol–water partition coefficient (Wildman–Crippen LogP) is 2.11. The molecule has 2 N–H and O–H groups in total. The Bertz CT molecular complexity index is 748. The molecule has 2 aromatic heterocycles. The van der Waals surface area contributed by atoms with Gasteiger partial charge in [0.1, 0.15) is 4.99 Å². The fourth-order valence-corrected chi connectivity index (χ4v) is 2.15. The highest BCUT2D eigenvalue weighted by Gasteiger charge is 2.04. The van der Waals surface area contributed by atoms with Crippen molar-refractivity contribution in [2.24, 2.45) is 5.73 Å². The molecule has 94 valence electrons. The number of pyridine rings is 1. The molecule has 3 aromatic rings. The molecule has 0 saturated heterocycles. The number of fused-ring (bicyclic) bond motifs is 1. The second-order valence-corrected chi connectivity index (χ2v) is 4.71. The SMILES string of the molecule is NC(=S)c1cc(Cn2cnc3ccccc32)ccn1. The molecular formula is C14H12N4S. The Labute approximate surface area is 115 Å². The van der Waals surface area contributed by atoms with Gasteiger partial charge >= 0.3 is 0 Å². The first-order valence-corrected chi connectivity index (χ1v) is 6.29. The van der Waals surface area contributed by atoms with Crippen LogP contribution in [0.15, 0.2) is 48.9 Å². The average molecular weight is 268 g/mol. The average Bonchev–Trinajstić information content (AvgIpc) is 2.83. The van der Waals surface area contributed by atoms with E-state index in [1.807, 2.05) is 36.7 Å². The lowest BCUT2D eigenvalue weighted by Gasteiger charge is -2.06. The van der Waals surface area contributed by atoms with Crippen LogP contribution in [0.5, 0.6) is 0 Å². The summed E-state index contributed by atoms with van der Waals surface area (Å²) in [5.74, 6) is 0.